The molecule has 0 aliphatic rings. The second-order valence-corrected chi connectivity index (χ2v) is 5.45. The predicted octanol–water partition coefficient (Wildman–Crippen LogP) is 4.05. The monoisotopic (exact) mass is 387 g/mol. The summed E-state index contributed by atoms with van der Waals surface area (Å²) in [6, 6.07) is 4.99. The number of alkyl halides is 1. The van der Waals surface area contributed by atoms with Crippen molar-refractivity contribution in [2.75, 3.05) is 0 Å². The summed E-state index contributed by atoms with van der Waals surface area (Å²) < 4.78 is 2.72. The van der Waals surface area contributed by atoms with Crippen molar-refractivity contribution in [3.05, 3.63) is 49.7 Å². The molecular formula is C12H11Br2N3O2. The van der Waals surface area contributed by atoms with E-state index in [1.54, 1.807) is 16.8 Å². The smallest absolute Gasteiger partial charge is 0.258 e. The van der Waals surface area contributed by atoms with Crippen LogP contribution in [-0.4, -0.2) is 14.7 Å². The molecule has 0 unspecified atom stereocenters. The van der Waals surface area contributed by atoms with Gasteiger partial charge in [-0.25, -0.2) is 4.68 Å². The fourth-order valence-electron chi connectivity index (χ4n) is 1.86. The third-order valence-corrected chi connectivity index (χ3v) is 4.60. The van der Waals surface area contributed by atoms with Crippen LogP contribution in [0.2, 0.25) is 0 Å². The highest BCUT2D eigenvalue weighted by atomic mass is 79.9. The summed E-state index contributed by atoms with van der Waals surface area (Å²) >= 11 is 6.75. The normalized spacial score (nSPS) is 10.7. The first-order valence-corrected chi connectivity index (χ1v) is 7.42. The molecule has 0 amide bonds. The summed E-state index contributed by atoms with van der Waals surface area (Å²) in [4.78, 5) is 10.5. The molecular weight excluding hydrogens is 378 g/mol. The van der Waals surface area contributed by atoms with Gasteiger partial charge in [-0.1, -0.05) is 15.9 Å². The van der Waals surface area contributed by atoms with Gasteiger partial charge in [0.1, 0.15) is 0 Å². The SMILES string of the molecule is Cc1nn(-c2ccc([N+](=O)[O-])c(CBr)c2)c(C)c1Br. The summed E-state index contributed by atoms with van der Waals surface area (Å²) in [6.45, 7) is 3.85. The fourth-order valence-corrected chi connectivity index (χ4v) is 2.56. The summed E-state index contributed by atoms with van der Waals surface area (Å²) in [6.07, 6.45) is 0. The first-order chi connectivity index (χ1) is 8.95. The lowest BCUT2D eigenvalue weighted by atomic mass is 10.2. The maximum absolute atomic E-state index is 10.9. The highest BCUT2D eigenvalue weighted by molar-refractivity contribution is 9.10. The van der Waals surface area contributed by atoms with Crippen molar-refractivity contribution in [1.29, 1.82) is 0 Å². The molecule has 0 bridgehead atoms. The molecule has 1 aromatic carbocycles. The third-order valence-electron chi connectivity index (χ3n) is 2.85. The Balaban J connectivity index is 2.58. The van der Waals surface area contributed by atoms with E-state index in [1.807, 2.05) is 13.8 Å². The Morgan fingerprint density at radius 3 is 2.58 bits per heavy atom. The molecule has 19 heavy (non-hydrogen) atoms. The number of nitrogens with zero attached hydrogens (tertiary/aromatic N) is 3. The van der Waals surface area contributed by atoms with Crippen molar-refractivity contribution in [1.82, 2.24) is 9.78 Å². The number of hydrogen-bond donors (Lipinski definition) is 0. The molecule has 100 valence electrons. The molecule has 0 atom stereocenters. The van der Waals surface area contributed by atoms with Crippen LogP contribution in [0, 0.1) is 24.0 Å². The number of aromatic nitrogens is 2. The quantitative estimate of drug-likeness (QED) is 0.452. The van der Waals surface area contributed by atoms with Gasteiger partial charge < -0.3 is 0 Å². The van der Waals surface area contributed by atoms with Crippen LogP contribution in [-0.2, 0) is 5.33 Å². The van der Waals surface area contributed by atoms with Gasteiger partial charge >= 0.3 is 0 Å². The number of nitro groups is 1. The van der Waals surface area contributed by atoms with Crippen molar-refractivity contribution < 1.29 is 4.92 Å². The van der Waals surface area contributed by atoms with Crippen molar-refractivity contribution in [2.24, 2.45) is 0 Å². The van der Waals surface area contributed by atoms with E-state index in [2.05, 4.69) is 37.0 Å². The number of rotatable bonds is 3. The Morgan fingerprint density at radius 1 is 1.42 bits per heavy atom. The summed E-state index contributed by atoms with van der Waals surface area (Å²) in [5.41, 5.74) is 3.40. The van der Waals surface area contributed by atoms with Crippen molar-refractivity contribution in [2.45, 2.75) is 19.2 Å². The van der Waals surface area contributed by atoms with Gasteiger partial charge in [-0.15, -0.1) is 0 Å². The van der Waals surface area contributed by atoms with Crippen LogP contribution in [0.4, 0.5) is 5.69 Å². The van der Waals surface area contributed by atoms with Gasteiger partial charge in [0.15, 0.2) is 0 Å². The van der Waals surface area contributed by atoms with Crippen LogP contribution in [0.1, 0.15) is 17.0 Å². The van der Waals surface area contributed by atoms with Crippen LogP contribution >= 0.6 is 31.9 Å². The molecule has 0 saturated heterocycles. The van der Waals surface area contributed by atoms with E-state index in [0.717, 1.165) is 21.5 Å². The van der Waals surface area contributed by atoms with Crippen molar-refractivity contribution >= 4 is 37.5 Å². The lowest BCUT2D eigenvalue weighted by Crippen LogP contribution is -2.01. The second-order valence-electron chi connectivity index (χ2n) is 4.10. The van der Waals surface area contributed by atoms with Crippen LogP contribution in [0.15, 0.2) is 22.7 Å². The average Bonchev–Trinajstić information content (AvgIpc) is 2.65. The van der Waals surface area contributed by atoms with Gasteiger partial charge in [-0.3, -0.25) is 10.1 Å². The highest BCUT2D eigenvalue weighted by Gasteiger charge is 2.16. The van der Waals surface area contributed by atoms with E-state index in [9.17, 15) is 10.1 Å². The molecule has 1 aromatic heterocycles. The van der Waals surface area contributed by atoms with Crippen LogP contribution < -0.4 is 0 Å². The summed E-state index contributed by atoms with van der Waals surface area (Å²) in [5, 5.41) is 15.8. The second kappa shape index (κ2) is 5.42. The summed E-state index contributed by atoms with van der Waals surface area (Å²) in [5.74, 6) is 0. The highest BCUT2D eigenvalue weighted by Crippen LogP contribution is 2.27. The van der Waals surface area contributed by atoms with Gasteiger partial charge in [0.05, 0.1) is 26.5 Å². The average molecular weight is 389 g/mol. The van der Waals surface area contributed by atoms with Gasteiger partial charge in [-0.05, 0) is 41.9 Å². The molecule has 0 N–H and O–H groups in total. The number of aryl methyl sites for hydroxylation is 1. The molecule has 7 heteroatoms. The molecule has 2 rings (SSSR count). The molecule has 0 spiro atoms. The third kappa shape index (κ3) is 2.57. The number of hydrogen-bond acceptors (Lipinski definition) is 3. The molecule has 0 aliphatic carbocycles. The predicted molar refractivity (Wildman–Crippen MR) is 80.0 cm³/mol. The van der Waals surface area contributed by atoms with E-state index in [1.165, 1.54) is 6.07 Å². The topological polar surface area (TPSA) is 61.0 Å². The maximum Gasteiger partial charge on any atom is 0.273 e. The zero-order valence-corrected chi connectivity index (χ0v) is 13.5. The first-order valence-electron chi connectivity index (χ1n) is 5.51. The Hall–Kier alpha value is -1.21. The molecule has 0 saturated carbocycles. The molecule has 0 radical (unpaired) electrons. The van der Waals surface area contributed by atoms with E-state index < -0.39 is 0 Å². The molecule has 0 fully saturated rings. The van der Waals surface area contributed by atoms with Crippen molar-refractivity contribution in [3.63, 3.8) is 0 Å². The molecule has 0 aliphatic heterocycles. The molecule has 2 aromatic rings. The minimum absolute atomic E-state index is 0.112. The largest absolute Gasteiger partial charge is 0.273 e. The van der Waals surface area contributed by atoms with Gasteiger partial charge in [-0.2, -0.15) is 5.10 Å². The van der Waals surface area contributed by atoms with E-state index in [0.29, 0.717) is 10.9 Å². The van der Waals surface area contributed by atoms with Gasteiger partial charge in [0.25, 0.3) is 5.69 Å². The fraction of sp³-hybridized carbons (Fsp3) is 0.250. The lowest BCUT2D eigenvalue weighted by Gasteiger charge is -2.06. The minimum Gasteiger partial charge on any atom is -0.258 e. The molecule has 1 heterocycles. The van der Waals surface area contributed by atoms with Crippen LogP contribution in [0.25, 0.3) is 5.69 Å². The molecule has 5 nitrogen and oxygen atoms in total. The number of nitro benzene ring substituents is 1. The van der Waals surface area contributed by atoms with Gasteiger partial charge in [0.2, 0.25) is 0 Å². The van der Waals surface area contributed by atoms with Crippen molar-refractivity contribution in [3.8, 4) is 5.69 Å². The van der Waals surface area contributed by atoms with Crippen LogP contribution in [0.3, 0.4) is 0 Å². The lowest BCUT2D eigenvalue weighted by molar-refractivity contribution is -0.385. The summed E-state index contributed by atoms with van der Waals surface area (Å²) in [7, 11) is 0. The Bertz CT molecular complexity index is 653. The maximum atomic E-state index is 10.9. The minimum atomic E-state index is -0.377. The number of halogens is 2. The Morgan fingerprint density at radius 2 is 2.11 bits per heavy atom. The Labute approximate surface area is 127 Å². The standard InChI is InChI=1S/C12H11Br2N3O2/c1-7-12(14)8(2)16(15-7)10-3-4-11(17(18)19)9(5-10)6-13/h3-5H,6H2,1-2H3. The van der Waals surface area contributed by atoms with Gasteiger partial charge in [0, 0.05) is 17.0 Å². The first kappa shape index (κ1) is 14.2. The van der Waals surface area contributed by atoms with E-state index >= 15 is 0 Å². The van der Waals surface area contributed by atoms with E-state index in [-0.39, 0.29) is 10.6 Å². The zero-order valence-electron chi connectivity index (χ0n) is 10.4. The Kier molecular flexibility index (Phi) is 4.05. The van der Waals surface area contributed by atoms with Crippen LogP contribution in [0.5, 0.6) is 0 Å². The number of benzene rings is 1. The van der Waals surface area contributed by atoms with E-state index in [4.69, 9.17) is 0 Å². The zero-order chi connectivity index (χ0) is 14.2.